The fourth-order valence-electron chi connectivity index (χ4n) is 7.94. The molecule has 2 aliphatic heterocycles. The molecule has 0 bridgehead atoms. The molecule has 9 nitrogen and oxygen atoms in total. The highest BCUT2D eigenvalue weighted by Gasteiger charge is 2.77. The molecule has 1 saturated carbocycles. The van der Waals surface area contributed by atoms with Crippen LogP contribution in [0.2, 0.25) is 0 Å². The molecule has 0 spiro atoms. The monoisotopic (exact) mass is 814 g/mol. The molecular weight excluding hydrogens is 794 g/mol. The number of fused-ring (bicyclic) bond motifs is 4. The van der Waals surface area contributed by atoms with E-state index in [1.165, 1.54) is 32.4 Å². The minimum absolute atomic E-state index is 0.0704. The molecule has 4 amide bonds. The van der Waals surface area contributed by atoms with Gasteiger partial charge in [0.2, 0.25) is 17.6 Å². The molecule has 51 heavy (non-hydrogen) atoms. The largest absolute Gasteiger partial charge is 0.508 e. The second-order valence-corrected chi connectivity index (χ2v) is 14.6. The molecule has 6 unspecified atom stereocenters. The summed E-state index contributed by atoms with van der Waals surface area (Å²) in [6.45, 7) is 0. The zero-order valence-corrected chi connectivity index (χ0v) is 29.2. The first-order chi connectivity index (χ1) is 24.0. The predicted molar refractivity (Wildman–Crippen MR) is 174 cm³/mol. The van der Waals surface area contributed by atoms with Gasteiger partial charge in [0.1, 0.15) is 22.9 Å². The molecule has 2 heterocycles. The number of imide groups is 2. The number of allylic oxidation sites excluding steroid dienone is 2. The van der Waals surface area contributed by atoms with Crippen LogP contribution in [0.5, 0.6) is 17.2 Å². The number of aromatic hydroxyl groups is 1. The van der Waals surface area contributed by atoms with Gasteiger partial charge in [0.25, 0.3) is 11.8 Å². The standard InChI is InChI=1S/C34H22BrCl2F5N2O7/c1-50-18-9-14(45)10-19(51-2)21(18)22-15-7-8-16-20(30(47)43(29(16)46)13-5-3-12(35)4-6-13)17(15)11-33(36)31(48)44(32(49)34(22,33)37)28-26(41)24(39)23(38)25(40)27(28)42/h3-7,9-10,16-17,20,22,45H,8,11H2,1-2H3. The molecule has 4 aliphatic rings. The highest BCUT2D eigenvalue weighted by Crippen LogP contribution is 2.68. The van der Waals surface area contributed by atoms with Crippen LogP contribution in [0.4, 0.5) is 33.3 Å². The minimum Gasteiger partial charge on any atom is -0.508 e. The van der Waals surface area contributed by atoms with E-state index in [0.29, 0.717) is 4.47 Å². The predicted octanol–water partition coefficient (Wildman–Crippen LogP) is 6.64. The Labute approximate surface area is 303 Å². The summed E-state index contributed by atoms with van der Waals surface area (Å²) in [6, 6.07) is 8.55. The van der Waals surface area contributed by atoms with E-state index < -0.39 is 98.2 Å². The number of hydrogen-bond acceptors (Lipinski definition) is 7. The van der Waals surface area contributed by atoms with Crippen LogP contribution in [-0.4, -0.2) is 52.7 Å². The average Bonchev–Trinajstić information content (AvgIpc) is 3.44. The van der Waals surface area contributed by atoms with Gasteiger partial charge in [-0.25, -0.2) is 26.9 Å². The SMILES string of the molecule is COc1cc(O)cc(OC)c1C1C2=CCC3C(=O)N(c4ccc(Br)cc4)C(=O)C3C2CC2(Cl)C(=O)N(c3c(F)c(F)c(F)c(F)c3F)C(=O)C12Cl. The third-order valence-corrected chi connectivity index (χ3v) is 12.1. The van der Waals surface area contributed by atoms with Crippen LogP contribution >= 0.6 is 39.1 Å². The van der Waals surface area contributed by atoms with Crippen molar-refractivity contribution in [2.45, 2.75) is 28.5 Å². The topological polar surface area (TPSA) is 113 Å². The van der Waals surface area contributed by atoms with E-state index in [-0.39, 0.29) is 45.4 Å². The van der Waals surface area contributed by atoms with E-state index in [4.69, 9.17) is 32.7 Å². The van der Waals surface area contributed by atoms with Crippen molar-refractivity contribution in [1.29, 1.82) is 0 Å². The third-order valence-electron chi connectivity index (χ3n) is 10.1. The number of alkyl halides is 2. The van der Waals surface area contributed by atoms with Crippen molar-refractivity contribution in [3.8, 4) is 17.2 Å². The number of nitrogens with zero attached hydrogens (tertiary/aromatic N) is 2. The zero-order chi connectivity index (χ0) is 37.1. The van der Waals surface area contributed by atoms with E-state index in [9.17, 15) is 37.5 Å². The molecule has 1 N–H and O–H groups in total. The number of carbonyl (C=O) groups is 4. The van der Waals surface area contributed by atoms with Crippen LogP contribution in [0.15, 0.2) is 52.5 Å². The lowest BCUT2D eigenvalue weighted by Crippen LogP contribution is -2.60. The summed E-state index contributed by atoms with van der Waals surface area (Å²) in [7, 11) is 2.38. The Morgan fingerprint density at radius 1 is 0.804 bits per heavy atom. The molecule has 3 aromatic carbocycles. The molecule has 7 rings (SSSR count). The molecule has 6 atom stereocenters. The Hall–Kier alpha value is -4.21. The summed E-state index contributed by atoms with van der Waals surface area (Å²) in [6.07, 6.45) is 0.783. The fourth-order valence-corrected chi connectivity index (χ4v) is 9.12. The molecule has 0 aromatic heterocycles. The Morgan fingerprint density at radius 2 is 1.35 bits per heavy atom. The van der Waals surface area contributed by atoms with Crippen LogP contribution in [0.3, 0.4) is 0 Å². The second kappa shape index (κ2) is 11.9. The molecule has 2 saturated heterocycles. The van der Waals surface area contributed by atoms with Gasteiger partial charge in [-0.3, -0.25) is 24.1 Å². The van der Waals surface area contributed by atoms with Gasteiger partial charge in [-0.2, -0.15) is 0 Å². The summed E-state index contributed by atoms with van der Waals surface area (Å²) in [5.74, 6) is -22.7. The van der Waals surface area contributed by atoms with E-state index in [0.717, 1.165) is 17.0 Å². The van der Waals surface area contributed by atoms with Gasteiger partial charge in [0.05, 0.1) is 31.7 Å². The number of ether oxygens (including phenoxy) is 2. The van der Waals surface area contributed by atoms with Gasteiger partial charge in [-0.1, -0.05) is 27.6 Å². The number of rotatable bonds is 5. The molecule has 266 valence electrons. The summed E-state index contributed by atoms with van der Waals surface area (Å²) >= 11 is 17.7. The Bertz CT molecular complexity index is 2080. The van der Waals surface area contributed by atoms with Crippen molar-refractivity contribution in [3.05, 3.63) is 87.2 Å². The molecule has 0 radical (unpaired) electrons. The van der Waals surface area contributed by atoms with E-state index in [1.807, 2.05) is 0 Å². The molecule has 3 aromatic rings. The van der Waals surface area contributed by atoms with Crippen molar-refractivity contribution in [2.75, 3.05) is 24.0 Å². The Morgan fingerprint density at radius 3 is 1.90 bits per heavy atom. The van der Waals surface area contributed by atoms with Crippen molar-refractivity contribution >= 4 is 74.1 Å². The quantitative estimate of drug-likeness (QED) is 0.0769. The van der Waals surface area contributed by atoms with Gasteiger partial charge >= 0.3 is 0 Å². The number of benzene rings is 3. The lowest BCUT2D eigenvalue weighted by Gasteiger charge is -2.51. The number of hydrogen-bond donors (Lipinski definition) is 1. The first-order valence-electron chi connectivity index (χ1n) is 15.1. The summed E-state index contributed by atoms with van der Waals surface area (Å²) in [5.41, 5.74) is -1.57. The number of anilines is 2. The van der Waals surface area contributed by atoms with Crippen LogP contribution in [0.25, 0.3) is 0 Å². The van der Waals surface area contributed by atoms with Gasteiger partial charge in [0, 0.05) is 28.1 Å². The van der Waals surface area contributed by atoms with E-state index >= 15 is 8.78 Å². The third kappa shape index (κ3) is 4.56. The average molecular weight is 816 g/mol. The maximum atomic E-state index is 15.3. The Balaban J connectivity index is 1.48. The summed E-state index contributed by atoms with van der Waals surface area (Å²) in [4.78, 5) is 52.2. The first-order valence-corrected chi connectivity index (χ1v) is 16.7. The van der Waals surface area contributed by atoms with Crippen LogP contribution in [0.1, 0.15) is 24.3 Å². The van der Waals surface area contributed by atoms with Crippen LogP contribution < -0.4 is 19.3 Å². The van der Waals surface area contributed by atoms with Gasteiger partial charge in [0.15, 0.2) is 33.0 Å². The second-order valence-electron chi connectivity index (χ2n) is 12.4. The lowest BCUT2D eigenvalue weighted by molar-refractivity contribution is -0.125. The summed E-state index contributed by atoms with van der Waals surface area (Å²) < 4.78 is 85.4. The first kappa shape index (κ1) is 35.2. The zero-order valence-electron chi connectivity index (χ0n) is 26.1. The van der Waals surface area contributed by atoms with Crippen LogP contribution in [-0.2, 0) is 19.2 Å². The number of phenols is 1. The van der Waals surface area contributed by atoms with Crippen molar-refractivity contribution in [1.82, 2.24) is 0 Å². The number of halogens is 8. The lowest BCUT2D eigenvalue weighted by atomic mass is 9.56. The number of phenolic OH excluding ortho intramolecular Hbond substituents is 1. The van der Waals surface area contributed by atoms with Crippen molar-refractivity contribution in [2.24, 2.45) is 17.8 Å². The molecular formula is C34H22BrCl2F5N2O7. The Kier molecular flexibility index (Phi) is 8.23. The van der Waals surface area contributed by atoms with E-state index in [2.05, 4.69) is 15.9 Å². The van der Waals surface area contributed by atoms with Crippen molar-refractivity contribution in [3.63, 3.8) is 0 Å². The highest BCUT2D eigenvalue weighted by molar-refractivity contribution is 9.10. The van der Waals surface area contributed by atoms with Gasteiger partial charge in [-0.05, 0) is 43.0 Å². The normalized spacial score (nSPS) is 28.5. The maximum Gasteiger partial charge on any atom is 0.258 e. The summed E-state index contributed by atoms with van der Waals surface area (Å²) in [5, 5.41) is 10.4. The van der Waals surface area contributed by atoms with Gasteiger partial charge < -0.3 is 14.6 Å². The van der Waals surface area contributed by atoms with Gasteiger partial charge in [-0.15, -0.1) is 23.2 Å². The van der Waals surface area contributed by atoms with Crippen LogP contribution in [0, 0.1) is 46.8 Å². The maximum absolute atomic E-state index is 15.3. The molecule has 17 heteroatoms. The smallest absolute Gasteiger partial charge is 0.258 e. The van der Waals surface area contributed by atoms with E-state index in [1.54, 1.807) is 12.1 Å². The number of methoxy groups -OCH3 is 2. The minimum atomic E-state index is -2.81. The fraction of sp³-hybridized carbons (Fsp3) is 0.294. The van der Waals surface area contributed by atoms with Crippen molar-refractivity contribution < 1.29 is 55.7 Å². The number of amides is 4. The molecule has 3 fully saturated rings. The highest BCUT2D eigenvalue weighted by atomic mass is 79.9. The number of carbonyl (C=O) groups excluding carboxylic acids is 4. The molecule has 2 aliphatic carbocycles.